The van der Waals surface area contributed by atoms with Gasteiger partial charge in [0.1, 0.15) is 0 Å². The van der Waals surface area contributed by atoms with E-state index in [9.17, 15) is 0 Å². The summed E-state index contributed by atoms with van der Waals surface area (Å²) in [6.07, 6.45) is 9.11. The zero-order valence-electron chi connectivity index (χ0n) is 14.1. The van der Waals surface area contributed by atoms with Crippen LogP contribution < -0.4 is 11.1 Å². The van der Waals surface area contributed by atoms with Crippen molar-refractivity contribution in [3.63, 3.8) is 0 Å². The fourth-order valence-corrected chi connectivity index (χ4v) is 2.71. The normalized spacial score (nSPS) is 15.5. The molecule has 0 rings (SSSR count). The fourth-order valence-electron chi connectivity index (χ4n) is 2.71. The van der Waals surface area contributed by atoms with Gasteiger partial charge >= 0.3 is 0 Å². The standard InChI is InChI=1S/C17H38N2/c1-6-7-8-10-15(2)19-14-9-11-16(12-13-18)17(3,4)5/h15-16,19H,6-14,18H2,1-5H3. The van der Waals surface area contributed by atoms with Crippen molar-refractivity contribution in [3.8, 4) is 0 Å². The molecule has 2 unspecified atom stereocenters. The molecule has 0 bridgehead atoms. The second-order valence-electron chi connectivity index (χ2n) is 7.13. The van der Waals surface area contributed by atoms with Gasteiger partial charge in [-0.15, -0.1) is 0 Å². The van der Waals surface area contributed by atoms with Gasteiger partial charge in [0.2, 0.25) is 0 Å². The van der Waals surface area contributed by atoms with Crippen molar-refractivity contribution in [2.45, 2.75) is 85.6 Å². The summed E-state index contributed by atoms with van der Waals surface area (Å²) in [6, 6.07) is 0.675. The Hall–Kier alpha value is -0.0800. The van der Waals surface area contributed by atoms with Gasteiger partial charge in [-0.25, -0.2) is 0 Å². The topological polar surface area (TPSA) is 38.0 Å². The molecule has 0 aliphatic rings. The molecule has 0 saturated carbocycles. The Morgan fingerprint density at radius 1 is 1.00 bits per heavy atom. The molecule has 0 aromatic carbocycles. The van der Waals surface area contributed by atoms with Crippen molar-refractivity contribution < 1.29 is 0 Å². The van der Waals surface area contributed by atoms with E-state index < -0.39 is 0 Å². The van der Waals surface area contributed by atoms with Crippen molar-refractivity contribution in [2.24, 2.45) is 17.1 Å². The van der Waals surface area contributed by atoms with E-state index in [1.165, 1.54) is 38.5 Å². The molecule has 19 heavy (non-hydrogen) atoms. The number of nitrogens with one attached hydrogen (secondary N) is 1. The highest BCUT2D eigenvalue weighted by Crippen LogP contribution is 2.31. The number of unbranched alkanes of at least 4 members (excludes halogenated alkanes) is 2. The Morgan fingerprint density at radius 3 is 2.21 bits per heavy atom. The summed E-state index contributed by atoms with van der Waals surface area (Å²) in [5.41, 5.74) is 6.13. The summed E-state index contributed by atoms with van der Waals surface area (Å²) in [7, 11) is 0. The highest BCUT2D eigenvalue weighted by Gasteiger charge is 2.23. The van der Waals surface area contributed by atoms with Crippen molar-refractivity contribution in [1.82, 2.24) is 5.32 Å². The predicted octanol–water partition coefficient (Wildman–Crippen LogP) is 4.34. The predicted molar refractivity (Wildman–Crippen MR) is 87.5 cm³/mol. The molecule has 0 spiro atoms. The third kappa shape index (κ3) is 10.4. The van der Waals surface area contributed by atoms with Crippen LogP contribution in [-0.4, -0.2) is 19.1 Å². The molecule has 0 aromatic rings. The molecule has 0 aliphatic heterocycles. The summed E-state index contributed by atoms with van der Waals surface area (Å²) in [4.78, 5) is 0. The minimum absolute atomic E-state index is 0.395. The first-order valence-corrected chi connectivity index (χ1v) is 8.35. The van der Waals surface area contributed by atoms with Crippen molar-refractivity contribution in [2.75, 3.05) is 13.1 Å². The maximum Gasteiger partial charge on any atom is 0.00387 e. The lowest BCUT2D eigenvalue weighted by Crippen LogP contribution is -2.29. The molecule has 2 atom stereocenters. The number of hydrogen-bond acceptors (Lipinski definition) is 2. The zero-order chi connectivity index (χ0) is 14.7. The summed E-state index contributed by atoms with van der Waals surface area (Å²) in [6.45, 7) is 13.6. The van der Waals surface area contributed by atoms with Gasteiger partial charge in [-0.3, -0.25) is 0 Å². The first-order chi connectivity index (χ1) is 8.91. The third-order valence-electron chi connectivity index (χ3n) is 4.20. The van der Waals surface area contributed by atoms with Gasteiger partial charge in [0, 0.05) is 6.04 Å². The van der Waals surface area contributed by atoms with Gasteiger partial charge in [0.15, 0.2) is 0 Å². The Labute approximate surface area is 121 Å². The van der Waals surface area contributed by atoms with Gasteiger partial charge in [-0.05, 0) is 57.0 Å². The molecule has 0 radical (unpaired) electrons. The lowest BCUT2D eigenvalue weighted by atomic mass is 9.76. The zero-order valence-corrected chi connectivity index (χ0v) is 14.1. The molecular formula is C17H38N2. The van der Waals surface area contributed by atoms with E-state index in [0.29, 0.717) is 11.5 Å². The monoisotopic (exact) mass is 270 g/mol. The van der Waals surface area contributed by atoms with Crippen LogP contribution in [0.4, 0.5) is 0 Å². The summed E-state index contributed by atoms with van der Waals surface area (Å²) in [5, 5.41) is 3.66. The third-order valence-corrected chi connectivity index (χ3v) is 4.20. The second kappa shape index (κ2) is 10.7. The molecule has 0 aromatic heterocycles. The maximum absolute atomic E-state index is 5.73. The SMILES string of the molecule is CCCCCC(C)NCCCC(CCN)C(C)(C)C. The van der Waals surface area contributed by atoms with E-state index in [0.717, 1.165) is 25.4 Å². The molecular weight excluding hydrogens is 232 g/mol. The van der Waals surface area contributed by atoms with Crippen LogP contribution in [-0.2, 0) is 0 Å². The number of rotatable bonds is 11. The Bertz CT molecular complexity index is 196. The largest absolute Gasteiger partial charge is 0.330 e. The van der Waals surface area contributed by atoms with Crippen LogP contribution in [0.5, 0.6) is 0 Å². The maximum atomic E-state index is 5.73. The second-order valence-corrected chi connectivity index (χ2v) is 7.13. The van der Waals surface area contributed by atoms with Gasteiger partial charge in [0.05, 0.1) is 0 Å². The van der Waals surface area contributed by atoms with E-state index in [4.69, 9.17) is 5.73 Å². The lowest BCUT2D eigenvalue weighted by Gasteiger charge is -2.30. The molecule has 0 heterocycles. The molecule has 3 N–H and O–H groups in total. The minimum Gasteiger partial charge on any atom is -0.330 e. The molecule has 2 heteroatoms. The summed E-state index contributed by atoms with van der Waals surface area (Å²) >= 11 is 0. The Balaban J connectivity index is 3.70. The number of nitrogens with two attached hydrogens (primary N) is 1. The number of hydrogen-bond donors (Lipinski definition) is 2. The van der Waals surface area contributed by atoms with E-state index >= 15 is 0 Å². The van der Waals surface area contributed by atoms with Crippen LogP contribution in [0.15, 0.2) is 0 Å². The molecule has 2 nitrogen and oxygen atoms in total. The highest BCUT2D eigenvalue weighted by molar-refractivity contribution is 4.75. The van der Waals surface area contributed by atoms with E-state index in [1.807, 2.05) is 0 Å². The van der Waals surface area contributed by atoms with Crippen LogP contribution in [0, 0.1) is 11.3 Å². The minimum atomic E-state index is 0.395. The van der Waals surface area contributed by atoms with Crippen molar-refractivity contribution >= 4 is 0 Å². The van der Waals surface area contributed by atoms with E-state index in [-0.39, 0.29) is 0 Å². The van der Waals surface area contributed by atoms with E-state index in [2.05, 4.69) is 39.9 Å². The van der Waals surface area contributed by atoms with Gasteiger partial charge < -0.3 is 11.1 Å². The molecule has 0 fully saturated rings. The molecule has 116 valence electrons. The first-order valence-electron chi connectivity index (χ1n) is 8.35. The van der Waals surface area contributed by atoms with Crippen molar-refractivity contribution in [3.05, 3.63) is 0 Å². The van der Waals surface area contributed by atoms with Crippen molar-refractivity contribution in [1.29, 1.82) is 0 Å². The summed E-state index contributed by atoms with van der Waals surface area (Å²) < 4.78 is 0. The molecule has 0 amide bonds. The Morgan fingerprint density at radius 2 is 1.68 bits per heavy atom. The van der Waals surface area contributed by atoms with Crippen LogP contribution in [0.1, 0.15) is 79.6 Å². The van der Waals surface area contributed by atoms with E-state index in [1.54, 1.807) is 0 Å². The molecule has 0 aliphatic carbocycles. The average Bonchev–Trinajstić information content (AvgIpc) is 2.32. The average molecular weight is 271 g/mol. The lowest BCUT2D eigenvalue weighted by molar-refractivity contribution is 0.209. The van der Waals surface area contributed by atoms with Crippen LogP contribution >= 0.6 is 0 Å². The highest BCUT2D eigenvalue weighted by atomic mass is 14.9. The fraction of sp³-hybridized carbons (Fsp3) is 1.00. The van der Waals surface area contributed by atoms with Crippen LogP contribution in [0.2, 0.25) is 0 Å². The van der Waals surface area contributed by atoms with Gasteiger partial charge in [-0.1, -0.05) is 47.0 Å². The first kappa shape index (κ1) is 18.9. The van der Waals surface area contributed by atoms with Crippen LogP contribution in [0.3, 0.4) is 0 Å². The molecule has 0 saturated heterocycles. The smallest absolute Gasteiger partial charge is 0.00387 e. The summed E-state index contributed by atoms with van der Waals surface area (Å²) in [5.74, 6) is 0.759. The quantitative estimate of drug-likeness (QED) is 0.548. The van der Waals surface area contributed by atoms with Crippen LogP contribution in [0.25, 0.3) is 0 Å². The van der Waals surface area contributed by atoms with Gasteiger partial charge in [0.25, 0.3) is 0 Å². The van der Waals surface area contributed by atoms with Gasteiger partial charge in [-0.2, -0.15) is 0 Å². The Kier molecular flexibility index (Phi) is 10.6.